The van der Waals surface area contributed by atoms with Gasteiger partial charge in [-0.25, -0.2) is 0 Å². The minimum Gasteiger partial charge on any atom is -0.378 e. The third-order valence-electron chi connectivity index (χ3n) is 7.02. The fourth-order valence-electron chi connectivity index (χ4n) is 5.55. The second kappa shape index (κ2) is 7.41. The van der Waals surface area contributed by atoms with E-state index in [0.29, 0.717) is 26.3 Å². The number of ether oxygens (including phenoxy) is 1. The van der Waals surface area contributed by atoms with E-state index < -0.39 is 6.04 Å². The number of hydrogen-bond donors (Lipinski definition) is 0. The molecule has 3 amide bonds. The molecule has 0 spiro atoms. The van der Waals surface area contributed by atoms with Crippen LogP contribution in [0.5, 0.6) is 0 Å². The van der Waals surface area contributed by atoms with Crippen LogP contribution in [0.1, 0.15) is 30.9 Å². The minimum absolute atomic E-state index is 0.0290. The van der Waals surface area contributed by atoms with Crippen LogP contribution in [0.4, 0.5) is 0 Å². The van der Waals surface area contributed by atoms with Crippen molar-refractivity contribution in [2.45, 2.75) is 25.3 Å². The summed E-state index contributed by atoms with van der Waals surface area (Å²) >= 11 is 0. The number of imide groups is 1. The molecule has 1 saturated carbocycles. The van der Waals surface area contributed by atoms with Gasteiger partial charge >= 0.3 is 0 Å². The van der Waals surface area contributed by atoms with Gasteiger partial charge < -0.3 is 9.64 Å². The van der Waals surface area contributed by atoms with Crippen LogP contribution in [-0.2, 0) is 19.1 Å². The number of carbonyl (C=O) groups is 3. The molecule has 1 aromatic rings. The normalized spacial score (nSPS) is 31.9. The van der Waals surface area contributed by atoms with E-state index in [-0.39, 0.29) is 47.8 Å². The van der Waals surface area contributed by atoms with Crippen LogP contribution in [0, 0.1) is 23.7 Å². The van der Waals surface area contributed by atoms with Gasteiger partial charge in [-0.15, -0.1) is 0 Å². The molecule has 0 N–H and O–H groups in total. The number of carbonyl (C=O) groups excluding carboxylic acids is 3. The highest BCUT2D eigenvalue weighted by atomic mass is 16.5. The molecule has 3 aliphatic carbocycles. The fourth-order valence-corrected chi connectivity index (χ4v) is 5.55. The predicted molar refractivity (Wildman–Crippen MR) is 105 cm³/mol. The Kier molecular flexibility index (Phi) is 4.74. The van der Waals surface area contributed by atoms with Gasteiger partial charge in [-0.1, -0.05) is 42.5 Å². The number of nitrogens with zero attached hydrogens (tertiary/aromatic N) is 2. The maximum Gasteiger partial charge on any atom is 0.234 e. The number of likely N-dealkylation sites (tertiary alicyclic amines) is 1. The van der Waals surface area contributed by atoms with Gasteiger partial charge in [0.1, 0.15) is 0 Å². The zero-order chi connectivity index (χ0) is 20.0. The van der Waals surface area contributed by atoms with E-state index in [2.05, 4.69) is 12.2 Å². The van der Waals surface area contributed by atoms with Crippen molar-refractivity contribution >= 4 is 17.7 Å². The van der Waals surface area contributed by atoms with Crippen LogP contribution < -0.4 is 0 Å². The van der Waals surface area contributed by atoms with E-state index >= 15 is 0 Å². The summed E-state index contributed by atoms with van der Waals surface area (Å²) in [6, 6.07) is 8.97. The van der Waals surface area contributed by atoms with E-state index in [9.17, 15) is 14.4 Å². The zero-order valence-corrected chi connectivity index (χ0v) is 16.4. The Morgan fingerprint density at radius 1 is 0.966 bits per heavy atom. The molecule has 1 aromatic carbocycles. The highest BCUT2D eigenvalue weighted by molar-refractivity contribution is 6.06. The fraction of sp³-hybridized carbons (Fsp3) is 0.522. The largest absolute Gasteiger partial charge is 0.378 e. The smallest absolute Gasteiger partial charge is 0.234 e. The number of hydrogen-bond acceptors (Lipinski definition) is 4. The third kappa shape index (κ3) is 3.10. The van der Waals surface area contributed by atoms with E-state index in [4.69, 9.17) is 4.74 Å². The van der Waals surface area contributed by atoms with Gasteiger partial charge in [0, 0.05) is 13.1 Å². The van der Waals surface area contributed by atoms with E-state index in [1.54, 1.807) is 4.90 Å². The molecule has 6 rings (SSSR count). The molecule has 29 heavy (non-hydrogen) atoms. The molecular formula is C23H26N2O4. The Morgan fingerprint density at radius 3 is 2.10 bits per heavy atom. The highest BCUT2D eigenvalue weighted by Gasteiger charge is 2.58. The van der Waals surface area contributed by atoms with Crippen LogP contribution in [0.15, 0.2) is 42.5 Å². The quantitative estimate of drug-likeness (QED) is 0.580. The second-order valence-corrected chi connectivity index (χ2v) is 8.51. The summed E-state index contributed by atoms with van der Waals surface area (Å²) < 4.78 is 5.35. The van der Waals surface area contributed by atoms with Gasteiger partial charge in [0.2, 0.25) is 17.7 Å². The van der Waals surface area contributed by atoms with Crippen LogP contribution in [0.2, 0.25) is 0 Å². The first-order valence-electron chi connectivity index (χ1n) is 10.6. The van der Waals surface area contributed by atoms with Gasteiger partial charge in [0.05, 0.1) is 37.5 Å². The van der Waals surface area contributed by atoms with Crippen LogP contribution in [-0.4, -0.2) is 53.8 Å². The minimum atomic E-state index is -0.545. The Balaban J connectivity index is 1.46. The second-order valence-electron chi connectivity index (χ2n) is 8.51. The molecule has 5 atom stereocenters. The molecule has 3 fully saturated rings. The Bertz CT molecular complexity index is 814. The van der Waals surface area contributed by atoms with Crippen LogP contribution >= 0.6 is 0 Å². The number of rotatable bonds is 4. The van der Waals surface area contributed by atoms with Gasteiger partial charge in [-0.2, -0.15) is 0 Å². The van der Waals surface area contributed by atoms with Gasteiger partial charge in [-0.05, 0) is 30.2 Å². The molecule has 2 bridgehead atoms. The molecule has 5 aliphatic rings. The van der Waals surface area contributed by atoms with E-state index in [0.717, 1.165) is 18.4 Å². The molecule has 2 heterocycles. The topological polar surface area (TPSA) is 66.9 Å². The molecule has 6 nitrogen and oxygen atoms in total. The lowest BCUT2D eigenvalue weighted by molar-refractivity contribution is -0.145. The van der Waals surface area contributed by atoms with E-state index in [1.165, 1.54) is 4.90 Å². The predicted octanol–water partition coefficient (Wildman–Crippen LogP) is 2.17. The van der Waals surface area contributed by atoms with Crippen molar-refractivity contribution in [3.05, 3.63) is 48.0 Å². The Morgan fingerprint density at radius 2 is 1.55 bits per heavy atom. The van der Waals surface area contributed by atoms with Crippen molar-refractivity contribution in [2.75, 3.05) is 26.3 Å². The standard InChI is InChI=1S/C23H26N2O4/c26-19(24-10-12-29-13-11-24)14-18(15-4-2-1-3-5-15)25-22(27)20-16-6-7-17(9-8-16)21(20)23(25)28/h1-7,16-18,20-21H,8-14H2/t16-,17-,18+,20-,21+/m0/s1. The van der Waals surface area contributed by atoms with Gasteiger partial charge in [0.25, 0.3) is 0 Å². The molecule has 6 heteroatoms. The van der Waals surface area contributed by atoms with Crippen LogP contribution in [0.3, 0.4) is 0 Å². The Labute approximate surface area is 170 Å². The maximum absolute atomic E-state index is 13.4. The van der Waals surface area contributed by atoms with Crippen molar-refractivity contribution in [3.8, 4) is 0 Å². The highest BCUT2D eigenvalue weighted by Crippen LogP contribution is 2.51. The number of fused-ring (bicyclic) bond motifs is 1. The van der Waals surface area contributed by atoms with E-state index in [1.807, 2.05) is 30.3 Å². The monoisotopic (exact) mass is 394 g/mol. The molecule has 2 saturated heterocycles. The summed E-state index contributed by atoms with van der Waals surface area (Å²) in [5.74, 6) is -0.424. The molecular weight excluding hydrogens is 368 g/mol. The van der Waals surface area contributed by atoms with Crippen molar-refractivity contribution in [1.82, 2.24) is 9.80 Å². The average molecular weight is 394 g/mol. The van der Waals surface area contributed by atoms with Crippen molar-refractivity contribution in [2.24, 2.45) is 23.7 Å². The first-order valence-corrected chi connectivity index (χ1v) is 10.6. The first kappa shape index (κ1) is 18.6. The summed E-state index contributed by atoms with van der Waals surface area (Å²) in [5.41, 5.74) is 0.842. The zero-order valence-electron chi connectivity index (χ0n) is 16.4. The summed E-state index contributed by atoms with van der Waals surface area (Å²) in [5, 5.41) is 0. The lowest BCUT2D eigenvalue weighted by Gasteiger charge is -2.38. The number of allylic oxidation sites excluding steroid dienone is 2. The summed E-state index contributed by atoms with van der Waals surface area (Å²) in [6.07, 6.45) is 6.32. The molecule has 152 valence electrons. The molecule has 0 radical (unpaired) electrons. The van der Waals surface area contributed by atoms with Gasteiger partial charge in [-0.3, -0.25) is 19.3 Å². The SMILES string of the molecule is O=C(C[C@H](c1ccccc1)N1C(=O)[C@@H]2[C@H](C1=O)[C@H]1C=C[C@H]2CC1)N1CCOCC1. The summed E-state index contributed by atoms with van der Waals surface area (Å²) in [6.45, 7) is 2.17. The first-order chi connectivity index (χ1) is 14.1. The summed E-state index contributed by atoms with van der Waals surface area (Å²) in [4.78, 5) is 43.1. The lowest BCUT2D eigenvalue weighted by Crippen LogP contribution is -2.44. The van der Waals surface area contributed by atoms with Crippen molar-refractivity contribution in [3.63, 3.8) is 0 Å². The third-order valence-corrected chi connectivity index (χ3v) is 7.02. The maximum atomic E-state index is 13.4. The lowest BCUT2D eigenvalue weighted by atomic mass is 9.63. The van der Waals surface area contributed by atoms with Crippen LogP contribution in [0.25, 0.3) is 0 Å². The number of amides is 3. The molecule has 2 aliphatic heterocycles. The number of benzene rings is 1. The van der Waals surface area contributed by atoms with Crippen molar-refractivity contribution < 1.29 is 19.1 Å². The molecule has 0 aromatic heterocycles. The summed E-state index contributed by atoms with van der Waals surface area (Å²) in [7, 11) is 0. The number of morpholine rings is 1. The Hall–Kier alpha value is -2.47. The average Bonchev–Trinajstić information content (AvgIpc) is 3.06. The van der Waals surface area contributed by atoms with Gasteiger partial charge in [0.15, 0.2) is 0 Å². The molecule has 0 unspecified atom stereocenters. The van der Waals surface area contributed by atoms with Crippen molar-refractivity contribution in [1.29, 1.82) is 0 Å².